The predicted octanol–water partition coefficient (Wildman–Crippen LogP) is 3.82. The van der Waals surface area contributed by atoms with Crippen LogP contribution in [0, 0.1) is 19.2 Å². The van der Waals surface area contributed by atoms with Crippen molar-refractivity contribution >= 4 is 81.7 Å². The number of unbranched alkanes of at least 4 members (excludes halogenated alkanes) is 1. The van der Waals surface area contributed by atoms with E-state index in [1.54, 1.807) is 72.6 Å². The lowest BCUT2D eigenvalue weighted by atomic mass is 9.93. The van der Waals surface area contributed by atoms with E-state index < -0.39 is 138 Å². The molecule has 9 N–H and O–H groups in total. The lowest BCUT2D eigenvalue weighted by Crippen LogP contribution is -2.64. The van der Waals surface area contributed by atoms with Gasteiger partial charge in [0.2, 0.25) is 65.0 Å². The molecule has 0 radical (unpaired) electrons. The molecule has 12 bridgehead atoms. The van der Waals surface area contributed by atoms with Crippen LogP contribution >= 0.6 is 0 Å². The summed E-state index contributed by atoms with van der Waals surface area (Å²) in [5.74, 6) is -9.75. The Morgan fingerprint density at radius 2 is 1.36 bits per heavy atom. The predicted molar refractivity (Wildman–Crippen MR) is 460 cm³/mol. The van der Waals surface area contributed by atoms with E-state index in [4.69, 9.17) is 18.9 Å². The van der Waals surface area contributed by atoms with E-state index in [9.17, 15) is 29.1 Å². The number of quaternary nitrogens is 2. The summed E-state index contributed by atoms with van der Waals surface area (Å²) in [6.45, 7) is 4.96. The van der Waals surface area contributed by atoms with Gasteiger partial charge in [-0.1, -0.05) is 73.5 Å². The van der Waals surface area contributed by atoms with Crippen molar-refractivity contribution in [3.8, 4) is 5.75 Å². The van der Waals surface area contributed by atoms with Crippen molar-refractivity contribution in [1.82, 2.24) is 61.8 Å². The molecule has 0 saturated carbocycles. The molecule has 123 heavy (non-hydrogen) atoms. The minimum Gasteiger partial charge on any atom is -0.497 e. The first kappa shape index (κ1) is 96.6. The summed E-state index contributed by atoms with van der Waals surface area (Å²) in [5.41, 5.74) is 2.76. The highest BCUT2D eigenvalue weighted by atomic mass is 19.1. The fourth-order valence-corrected chi connectivity index (χ4v) is 16.4. The minimum atomic E-state index is -1.86. The van der Waals surface area contributed by atoms with Crippen LogP contribution in [0.4, 0.5) is 4.39 Å². The number of rotatable bonds is 20. The third-order valence-electron chi connectivity index (χ3n) is 23.5. The van der Waals surface area contributed by atoms with Crippen molar-refractivity contribution in [3.05, 3.63) is 144 Å². The molecule has 0 unspecified atom stereocenters. The Bertz CT molecular complexity index is 4470. The van der Waals surface area contributed by atoms with E-state index in [-0.39, 0.29) is 136 Å². The van der Waals surface area contributed by atoms with Gasteiger partial charge in [-0.25, -0.2) is 4.39 Å². The van der Waals surface area contributed by atoms with Crippen LogP contribution in [0.25, 0.3) is 10.9 Å². The average Bonchev–Trinajstić information content (AvgIpc) is 1.67. The molecule has 4 aromatic carbocycles. The highest BCUT2D eigenvalue weighted by Crippen LogP contribution is 2.33. The van der Waals surface area contributed by atoms with Crippen LogP contribution in [0.1, 0.15) is 137 Å². The van der Waals surface area contributed by atoms with Gasteiger partial charge < -0.3 is 102 Å². The summed E-state index contributed by atoms with van der Waals surface area (Å²) >= 11 is 0. The molecule has 5 aromatic rings. The zero-order chi connectivity index (χ0) is 87.8. The number of amides is 11. The van der Waals surface area contributed by atoms with Crippen molar-refractivity contribution < 1.29 is 94.9 Å². The van der Waals surface area contributed by atoms with Crippen LogP contribution in [0.2, 0.25) is 0 Å². The molecule has 2 saturated heterocycles. The van der Waals surface area contributed by atoms with Gasteiger partial charge in [-0.2, -0.15) is 0 Å². The topological polar surface area (TPSA) is 373 Å². The number of hydrogen-bond acceptors (Lipinski definition) is 17. The van der Waals surface area contributed by atoms with Gasteiger partial charge in [-0.15, -0.1) is 0 Å². The van der Waals surface area contributed by atoms with Crippen LogP contribution < -0.4 is 47.3 Å². The van der Waals surface area contributed by atoms with Gasteiger partial charge in [-0.3, -0.25) is 57.5 Å². The maximum atomic E-state index is 16.4. The first-order chi connectivity index (χ1) is 58.2. The Balaban J connectivity index is 0.0000172. The first-order valence-electron chi connectivity index (χ1n) is 43.1. The number of aliphatic hydroxyl groups is 1. The quantitative estimate of drug-likeness (QED) is 0.0304. The summed E-state index contributed by atoms with van der Waals surface area (Å²) in [4.78, 5) is 186. The third-order valence-corrected chi connectivity index (χ3v) is 23.5. The SMILES string of the molecule is COc1ccc(C[C@@H]2NC(=O)[C@H]([C@@H](C)O)NC(=O)[C@@H]3[C@@H]4CCN3C(=O)[C@@H]3Cc5cn(c6ccc(F)cc56)CCCCCCN(Cc5ccc(cc5)CCNC(=O)[C@]5(C)CCCN5C2=O)C(=O)CCC(=O)C[C@@H](CCCC[N+](C)(C)C)C(=O)N[C@H](CNC(=O)CCOCCOCC[N+](C)(C)C)C(=O)N[C@@H](Cc2cccc(c2)CNC(=O)CO4)C(=O)N3)cc1.[CH3-]. The summed E-state index contributed by atoms with van der Waals surface area (Å²) in [5, 5.41) is 34.9. The number of aryl methyl sites for hydroxylation is 1. The Morgan fingerprint density at radius 3 is 2.08 bits per heavy atom. The lowest BCUT2D eigenvalue weighted by molar-refractivity contribution is -0.870. The van der Waals surface area contributed by atoms with Crippen LogP contribution in [-0.2, 0) is 117 Å². The zero-order valence-electron chi connectivity index (χ0n) is 73.3. The molecule has 1 aromatic heterocycles. The largest absolute Gasteiger partial charge is 0.497 e. The van der Waals surface area contributed by atoms with Crippen LogP contribution in [0.3, 0.4) is 0 Å². The number of fused-ring (bicyclic) bond motifs is 16. The van der Waals surface area contributed by atoms with Crippen LogP contribution in [0.15, 0.2) is 97.2 Å². The van der Waals surface area contributed by atoms with E-state index in [0.717, 1.165) is 29.1 Å². The minimum absolute atomic E-state index is 0. The Morgan fingerprint density at radius 1 is 0.659 bits per heavy atom. The molecule has 7 heterocycles. The average molecular weight is 1710 g/mol. The smallest absolute Gasteiger partial charge is 0.246 e. The zero-order valence-corrected chi connectivity index (χ0v) is 73.3. The number of Topliss-reactive ketones (excluding diaryl/α,β-unsaturated/α-hetero) is 1. The molecular weight excluding hydrogens is 1580 g/mol. The van der Waals surface area contributed by atoms with Crippen molar-refractivity contribution in [1.29, 1.82) is 0 Å². The highest BCUT2D eigenvalue weighted by Gasteiger charge is 2.50. The molecule has 11 rings (SSSR count). The van der Waals surface area contributed by atoms with Gasteiger partial charge in [0.05, 0.1) is 94.6 Å². The molecule has 2 fully saturated rings. The van der Waals surface area contributed by atoms with Crippen molar-refractivity contribution in [2.45, 2.75) is 203 Å². The van der Waals surface area contributed by atoms with Crippen LogP contribution in [0.5, 0.6) is 5.75 Å². The monoisotopic (exact) mass is 1710 g/mol. The van der Waals surface area contributed by atoms with E-state index in [2.05, 4.69) is 42.5 Å². The van der Waals surface area contributed by atoms with Crippen LogP contribution in [-0.4, -0.2) is 286 Å². The van der Waals surface area contributed by atoms with Gasteiger partial charge in [0, 0.05) is 120 Å². The second kappa shape index (κ2) is 45.4. The Hall–Kier alpha value is -10.3. The highest BCUT2D eigenvalue weighted by molar-refractivity contribution is 6.00. The molecule has 10 atom stereocenters. The summed E-state index contributed by atoms with van der Waals surface area (Å²) in [7, 11) is 13.7. The van der Waals surface area contributed by atoms with Crippen molar-refractivity contribution in [3.63, 3.8) is 0 Å². The number of hydrogen-bond donors (Lipinski definition) is 9. The maximum absolute atomic E-state index is 16.4. The molecule has 6 aliphatic rings. The number of methoxy groups -OCH3 is 1. The van der Waals surface area contributed by atoms with Crippen molar-refractivity contribution in [2.24, 2.45) is 5.92 Å². The standard InChI is InChI=1S/C90H125FN14O17.CH3/c1-59(106)80-85(114)97-72(49-61-25-29-69(119-9)30-26-61)88(117)103-40-17-36-90(103,2)89(118)92-37-33-60-21-23-62(24-22-60)56-101-39-14-11-10-13-38-100-57-66(70-53-67(91)27-31-75(70)100)52-73-87(116)102-41-34-76(81(102)86(115)99-80)122-58-78(109)93-54-64-19-16-18-63(48-64)50-71(83(112)96-73)95-84(113)74(55-94-77(108)35-44-120-46-47-121-45-43-105(6,7)8)98-82(111)65(20-12-15-42-104(3,4)5)51-68(107)28-32-79(101)110;/h16,18-19,21-27,29-31,48,53,57,59,65,71-74,76,80-81,106H,10-15,17,20,28,32-47,49-52,54-56,58H2,1-9H3,(H6-2,92,93,94,95,96,97,98,99,108,109,111,112,113,114,115,118);1H3/q;-1/p+2/t59-,65-,71+,72+,73+,74-,76+,80+,81+,90+;/m1./s1. The van der Waals surface area contributed by atoms with E-state index in [1.807, 2.05) is 71.1 Å². The lowest BCUT2D eigenvalue weighted by Gasteiger charge is -2.37. The fourth-order valence-electron chi connectivity index (χ4n) is 16.4. The number of ether oxygens (including phenoxy) is 4. The number of benzene rings is 4. The summed E-state index contributed by atoms with van der Waals surface area (Å²) < 4.78 is 42.5. The number of nitrogens with one attached hydrogen (secondary N) is 8. The summed E-state index contributed by atoms with van der Waals surface area (Å²) in [6.07, 6.45) is 1.82. The molecule has 32 heteroatoms. The van der Waals surface area contributed by atoms with E-state index >= 15 is 38.0 Å². The number of ketones is 1. The first-order valence-corrected chi connectivity index (χ1v) is 43.1. The van der Waals surface area contributed by atoms with Gasteiger partial charge in [-0.05, 0) is 135 Å². The molecule has 31 nitrogen and oxygen atoms in total. The molecular formula is C91H130FN14O17+. The fraction of sp³-hybridized carbons (Fsp3) is 0.571. The third kappa shape index (κ3) is 28.4. The van der Waals surface area contributed by atoms with E-state index in [1.165, 1.54) is 31.1 Å². The van der Waals surface area contributed by atoms with E-state index in [0.29, 0.717) is 119 Å². The number of carbonyl (C=O) groups excluding carboxylic acids is 12. The number of nitrogens with zero attached hydrogens (tertiary/aromatic N) is 6. The Kier molecular flexibility index (Phi) is 35.6. The molecule has 11 amide bonds. The molecule has 0 aliphatic carbocycles. The number of halogens is 1. The normalized spacial score (nSPS) is 23.9. The summed E-state index contributed by atoms with van der Waals surface area (Å²) in [6, 6.07) is 15.4. The van der Waals surface area contributed by atoms with Gasteiger partial charge >= 0.3 is 0 Å². The number of carbonyl (C=O) groups is 12. The van der Waals surface area contributed by atoms with Gasteiger partial charge in [0.15, 0.2) is 0 Å². The molecule has 6 aliphatic heterocycles. The van der Waals surface area contributed by atoms with Gasteiger partial charge in [0.1, 0.15) is 72.3 Å². The number of aliphatic hydroxyl groups excluding tert-OH is 1. The Labute approximate surface area is 721 Å². The second-order valence-corrected chi connectivity index (χ2v) is 35.3. The number of aromatic nitrogens is 1. The molecule has 0 spiro atoms. The maximum Gasteiger partial charge on any atom is 0.246 e. The second-order valence-electron chi connectivity index (χ2n) is 35.3. The number of likely N-dealkylation sites (N-methyl/N-ethyl adjacent to an activating group) is 1. The van der Waals surface area contributed by atoms with Gasteiger partial charge in [0.25, 0.3) is 0 Å². The van der Waals surface area contributed by atoms with Crippen molar-refractivity contribution in [2.75, 3.05) is 128 Å². The molecule has 672 valence electrons.